The standard InChI is InChI=1S/C29H45N3O2.C28H43N3O2.C4H8O/c1-6-29-14-13-26(2,33)15-21(29)7-8-22-23-9-10-25(27(23,3)12-11-24(22)29)28(4,34-5)19-32-18-20(16-30)17-31-32;1-5-28-13-12-25(2,32)14-20(28)6-7-21-22-8-9-24(26(22,3)11-10-23(21)28)27(4,33)18-31-17-19(15-29)16-30-31;1-2-4-5-3-1/h17-18,21-25,33H,6-15,19H2,1-5H3;16-17,20-24,32-33H,5-14,18H2,1-4H3;1-4H2/t21-,22+,23+,24+,25+,26-,27+,28-,29+;20-,21+,22+,23+,24+,25-,26+,27-,28+;/m11./s1. The Hall–Kier alpha value is -2.80. The molecule has 8 aliphatic carbocycles. The number of nitriles is 2. The van der Waals surface area contributed by atoms with Crippen LogP contribution in [-0.2, 0) is 22.6 Å². The van der Waals surface area contributed by atoms with Gasteiger partial charge < -0.3 is 24.8 Å². The molecule has 0 unspecified atom stereocenters. The van der Waals surface area contributed by atoms with Crippen LogP contribution in [0.3, 0.4) is 0 Å². The zero-order valence-electron chi connectivity index (χ0n) is 46.3. The summed E-state index contributed by atoms with van der Waals surface area (Å²) in [6, 6.07) is 4.34. The Labute approximate surface area is 434 Å². The zero-order valence-corrected chi connectivity index (χ0v) is 46.3. The van der Waals surface area contributed by atoms with E-state index in [0.717, 1.165) is 74.9 Å². The van der Waals surface area contributed by atoms with Crippen LogP contribution in [0.5, 0.6) is 0 Å². The molecule has 3 N–H and O–H groups in total. The van der Waals surface area contributed by atoms with Crippen LogP contribution in [0.2, 0.25) is 0 Å². The van der Waals surface area contributed by atoms with Crippen molar-refractivity contribution >= 4 is 0 Å². The Morgan fingerprint density at radius 2 is 1.10 bits per heavy atom. The predicted octanol–water partition coefficient (Wildman–Crippen LogP) is 12.1. The molecule has 11 heteroatoms. The summed E-state index contributed by atoms with van der Waals surface area (Å²) in [5.41, 5.74) is 0.406. The lowest BCUT2D eigenvalue weighted by atomic mass is 9.42. The molecule has 9 fully saturated rings. The van der Waals surface area contributed by atoms with Crippen LogP contribution in [0, 0.1) is 104 Å². The number of aliphatic hydroxyl groups is 3. The third-order valence-corrected chi connectivity index (χ3v) is 23.9. The molecule has 18 atom stereocenters. The van der Waals surface area contributed by atoms with Crippen LogP contribution in [0.1, 0.15) is 208 Å². The Balaban J connectivity index is 0.000000162. The van der Waals surface area contributed by atoms with Gasteiger partial charge in [-0.2, -0.15) is 20.7 Å². The number of ether oxygens (including phenoxy) is 2. The van der Waals surface area contributed by atoms with Gasteiger partial charge in [-0.15, -0.1) is 0 Å². The van der Waals surface area contributed by atoms with E-state index >= 15 is 0 Å². The summed E-state index contributed by atoms with van der Waals surface area (Å²) in [6.45, 7) is 21.4. The molecular formula is C61H96N6O5. The third kappa shape index (κ3) is 9.59. The van der Waals surface area contributed by atoms with Crippen molar-refractivity contribution in [3.63, 3.8) is 0 Å². The smallest absolute Gasteiger partial charge is 0.102 e. The Bertz CT molecular complexity index is 2260. The van der Waals surface area contributed by atoms with Crippen molar-refractivity contribution in [2.75, 3.05) is 20.3 Å². The van der Waals surface area contributed by atoms with Gasteiger partial charge in [-0.3, -0.25) is 9.36 Å². The van der Waals surface area contributed by atoms with E-state index in [1.807, 2.05) is 24.9 Å². The molecule has 2 aromatic heterocycles. The number of rotatable bonds is 9. The van der Waals surface area contributed by atoms with Gasteiger partial charge in [0, 0.05) is 32.7 Å². The van der Waals surface area contributed by atoms with Crippen molar-refractivity contribution in [3.05, 3.63) is 35.9 Å². The number of hydrogen-bond acceptors (Lipinski definition) is 9. The summed E-state index contributed by atoms with van der Waals surface area (Å²) in [7, 11) is 1.86. The van der Waals surface area contributed by atoms with Gasteiger partial charge in [-0.05, 0) is 250 Å². The van der Waals surface area contributed by atoms with E-state index in [-0.39, 0.29) is 16.9 Å². The number of fused-ring (bicyclic) bond motifs is 10. The van der Waals surface area contributed by atoms with Crippen LogP contribution in [0.25, 0.3) is 0 Å². The largest absolute Gasteiger partial charge is 0.390 e. The van der Waals surface area contributed by atoms with E-state index in [1.54, 1.807) is 23.3 Å². The maximum atomic E-state index is 11.7. The van der Waals surface area contributed by atoms with Gasteiger partial charge in [0.2, 0.25) is 0 Å². The lowest BCUT2D eigenvalue weighted by Crippen LogP contribution is -2.57. The molecule has 72 heavy (non-hydrogen) atoms. The maximum Gasteiger partial charge on any atom is 0.102 e. The highest BCUT2D eigenvalue weighted by Gasteiger charge is 2.66. The molecule has 0 radical (unpaired) electrons. The van der Waals surface area contributed by atoms with E-state index in [2.05, 4.69) is 70.8 Å². The minimum absolute atomic E-state index is 0.164. The van der Waals surface area contributed by atoms with E-state index in [4.69, 9.17) is 14.7 Å². The monoisotopic (exact) mass is 993 g/mol. The molecule has 400 valence electrons. The van der Waals surface area contributed by atoms with Crippen molar-refractivity contribution in [3.8, 4) is 12.1 Å². The van der Waals surface area contributed by atoms with E-state index in [0.29, 0.717) is 64.1 Å². The summed E-state index contributed by atoms with van der Waals surface area (Å²) in [5.74, 6) is 6.76. The molecule has 0 aromatic carbocycles. The summed E-state index contributed by atoms with van der Waals surface area (Å²) in [6.07, 6.45) is 33.4. The van der Waals surface area contributed by atoms with Crippen LogP contribution in [0.15, 0.2) is 24.8 Å². The normalized spacial score (nSPS) is 44.5. The first-order chi connectivity index (χ1) is 34.1. The highest BCUT2D eigenvalue weighted by atomic mass is 16.5. The molecule has 9 aliphatic rings. The minimum Gasteiger partial charge on any atom is -0.390 e. The fourth-order valence-corrected chi connectivity index (χ4v) is 20.5. The van der Waals surface area contributed by atoms with Gasteiger partial charge in [-0.25, -0.2) is 0 Å². The second kappa shape index (κ2) is 20.3. The maximum absolute atomic E-state index is 11.7. The van der Waals surface area contributed by atoms with Crippen LogP contribution in [0.4, 0.5) is 0 Å². The lowest BCUT2D eigenvalue weighted by Gasteiger charge is -2.63. The van der Waals surface area contributed by atoms with Crippen molar-refractivity contribution in [1.29, 1.82) is 10.5 Å². The topological polar surface area (TPSA) is 162 Å². The predicted molar refractivity (Wildman–Crippen MR) is 281 cm³/mol. The van der Waals surface area contributed by atoms with Gasteiger partial charge in [0.25, 0.3) is 0 Å². The second-order valence-corrected chi connectivity index (χ2v) is 27.5. The van der Waals surface area contributed by atoms with Gasteiger partial charge in [0.1, 0.15) is 12.1 Å². The van der Waals surface area contributed by atoms with Crippen molar-refractivity contribution in [2.45, 2.75) is 232 Å². The summed E-state index contributed by atoms with van der Waals surface area (Å²) < 4.78 is 14.9. The van der Waals surface area contributed by atoms with Crippen molar-refractivity contribution in [1.82, 2.24) is 19.6 Å². The molecule has 0 spiro atoms. The Morgan fingerprint density at radius 3 is 1.51 bits per heavy atom. The number of hydrogen-bond donors (Lipinski definition) is 3. The van der Waals surface area contributed by atoms with E-state index in [9.17, 15) is 20.6 Å². The van der Waals surface area contributed by atoms with Gasteiger partial charge >= 0.3 is 0 Å². The molecule has 2 aromatic rings. The SMILES string of the molecule is C1CCOC1.CC[C@]12CC[C@@](C)(O)C[C@H]1CC[C@H]1[C@@H]3CC[C@H]([C@@](C)(Cn4cc(C#N)cn4)OC)[C@@]3(C)CC[C@@H]12.CC[C@]12CC[C@@](C)(O)C[C@H]1CC[C@H]1[C@@H]3CC[C@H]([C@](C)(O)Cn4cc(C#N)cn4)[C@@]3(C)CC[C@@H]12. The molecule has 1 aliphatic heterocycles. The molecule has 0 bridgehead atoms. The second-order valence-electron chi connectivity index (χ2n) is 27.5. The minimum atomic E-state index is -0.835. The highest BCUT2D eigenvalue weighted by Crippen LogP contribution is 2.72. The first-order valence-corrected chi connectivity index (χ1v) is 29.3. The number of aromatic nitrogens is 4. The molecule has 8 saturated carbocycles. The average molecular weight is 993 g/mol. The van der Waals surface area contributed by atoms with Crippen LogP contribution >= 0.6 is 0 Å². The van der Waals surface area contributed by atoms with Crippen molar-refractivity contribution < 1.29 is 24.8 Å². The van der Waals surface area contributed by atoms with E-state index < -0.39 is 16.8 Å². The highest BCUT2D eigenvalue weighted by molar-refractivity contribution is 5.23. The molecule has 1 saturated heterocycles. The summed E-state index contributed by atoms with van der Waals surface area (Å²) >= 11 is 0. The number of methoxy groups -OCH3 is 1. The fourth-order valence-electron chi connectivity index (χ4n) is 20.5. The zero-order chi connectivity index (χ0) is 51.5. The quantitative estimate of drug-likeness (QED) is 0.222. The van der Waals surface area contributed by atoms with Crippen LogP contribution < -0.4 is 0 Å². The first kappa shape index (κ1) is 54.0. The Kier molecular flexibility index (Phi) is 15.2. The molecule has 11 rings (SSSR count). The van der Waals surface area contributed by atoms with Gasteiger partial charge in [0.15, 0.2) is 0 Å². The fraction of sp³-hybridized carbons (Fsp3) is 0.869. The van der Waals surface area contributed by atoms with Gasteiger partial charge in [-0.1, -0.05) is 27.7 Å². The van der Waals surface area contributed by atoms with Gasteiger partial charge in [0.05, 0.1) is 59.0 Å². The molecule has 0 amide bonds. The number of nitrogens with zero attached hydrogens (tertiary/aromatic N) is 6. The van der Waals surface area contributed by atoms with Crippen molar-refractivity contribution in [2.24, 2.45) is 80.8 Å². The van der Waals surface area contributed by atoms with Crippen LogP contribution in [-0.4, -0.2) is 77.6 Å². The summed E-state index contributed by atoms with van der Waals surface area (Å²) in [4.78, 5) is 0. The molecule has 11 nitrogen and oxygen atoms in total. The first-order valence-electron chi connectivity index (χ1n) is 29.3. The van der Waals surface area contributed by atoms with E-state index in [1.165, 1.54) is 109 Å². The Morgan fingerprint density at radius 1 is 0.639 bits per heavy atom. The molecular weight excluding hydrogens is 897 g/mol. The average Bonchev–Trinajstić information content (AvgIpc) is 4.22. The summed E-state index contributed by atoms with van der Waals surface area (Å²) in [5, 5.41) is 60.5. The third-order valence-electron chi connectivity index (χ3n) is 23.9. The molecule has 3 heterocycles. The lowest BCUT2D eigenvalue weighted by molar-refractivity contribution is -0.170.